The zero-order chi connectivity index (χ0) is 16.4. The van der Waals surface area contributed by atoms with Crippen molar-refractivity contribution in [3.05, 3.63) is 41.5 Å². The minimum absolute atomic E-state index is 0.363. The van der Waals surface area contributed by atoms with Gasteiger partial charge in [-0.2, -0.15) is 0 Å². The third-order valence-corrected chi connectivity index (χ3v) is 3.81. The zero-order valence-electron chi connectivity index (χ0n) is 13.1. The van der Waals surface area contributed by atoms with Gasteiger partial charge in [0.15, 0.2) is 0 Å². The molecule has 23 heavy (non-hydrogen) atoms. The van der Waals surface area contributed by atoms with E-state index in [0.29, 0.717) is 42.0 Å². The standard InChI is InChI=1S/C17H18N2O4/c1-3-23-10-9-18-19-16(20)12-6-4-5-11-14(22-2)8-7-13(15(11)12)17(19)21/h4-8,18H,3,9-10H2,1-2H3. The molecule has 2 amide bonds. The van der Waals surface area contributed by atoms with E-state index in [0.717, 1.165) is 10.4 Å². The van der Waals surface area contributed by atoms with Gasteiger partial charge in [0.1, 0.15) is 5.75 Å². The summed E-state index contributed by atoms with van der Waals surface area (Å²) >= 11 is 0. The highest BCUT2D eigenvalue weighted by atomic mass is 16.5. The Labute approximate surface area is 133 Å². The Hall–Kier alpha value is -2.44. The molecule has 0 aliphatic carbocycles. The van der Waals surface area contributed by atoms with Crippen molar-refractivity contribution >= 4 is 22.6 Å². The fourth-order valence-electron chi connectivity index (χ4n) is 2.77. The number of nitrogens with zero attached hydrogens (tertiary/aromatic N) is 1. The number of carbonyl (C=O) groups is 2. The van der Waals surface area contributed by atoms with Gasteiger partial charge in [-0.1, -0.05) is 12.1 Å². The van der Waals surface area contributed by atoms with Crippen LogP contribution in [0.25, 0.3) is 10.8 Å². The van der Waals surface area contributed by atoms with Crippen LogP contribution in [0, 0.1) is 0 Å². The number of rotatable bonds is 6. The van der Waals surface area contributed by atoms with Gasteiger partial charge in [0, 0.05) is 23.9 Å². The summed E-state index contributed by atoms with van der Waals surface area (Å²) in [6.07, 6.45) is 0. The molecule has 0 fully saturated rings. The molecular weight excluding hydrogens is 296 g/mol. The summed E-state index contributed by atoms with van der Waals surface area (Å²) in [6, 6.07) is 8.79. The largest absolute Gasteiger partial charge is 0.496 e. The molecule has 1 aliphatic heterocycles. The molecule has 0 radical (unpaired) electrons. The lowest BCUT2D eigenvalue weighted by molar-refractivity contribution is 0.0489. The second kappa shape index (κ2) is 6.36. The lowest BCUT2D eigenvalue weighted by Gasteiger charge is -2.27. The second-order valence-corrected chi connectivity index (χ2v) is 5.09. The van der Waals surface area contributed by atoms with Gasteiger partial charge in [0.25, 0.3) is 11.8 Å². The predicted molar refractivity (Wildman–Crippen MR) is 85.5 cm³/mol. The summed E-state index contributed by atoms with van der Waals surface area (Å²) in [7, 11) is 1.57. The number of nitrogens with one attached hydrogen (secondary N) is 1. The van der Waals surface area contributed by atoms with Crippen molar-refractivity contribution in [3.8, 4) is 5.75 Å². The van der Waals surface area contributed by atoms with E-state index in [2.05, 4.69) is 5.43 Å². The molecule has 120 valence electrons. The molecule has 1 N–H and O–H groups in total. The SMILES string of the molecule is CCOCCNN1C(=O)c2cccc3c(OC)ccc(c23)C1=O. The van der Waals surface area contributed by atoms with Gasteiger partial charge in [0.2, 0.25) is 0 Å². The molecule has 6 heteroatoms. The van der Waals surface area contributed by atoms with E-state index in [1.54, 1.807) is 31.4 Å². The second-order valence-electron chi connectivity index (χ2n) is 5.09. The highest BCUT2D eigenvalue weighted by Gasteiger charge is 2.33. The molecule has 0 atom stereocenters. The number of imide groups is 1. The van der Waals surface area contributed by atoms with Crippen LogP contribution in [0.4, 0.5) is 0 Å². The summed E-state index contributed by atoms with van der Waals surface area (Å²) in [6.45, 7) is 3.28. The van der Waals surface area contributed by atoms with Crippen molar-refractivity contribution in [1.29, 1.82) is 0 Å². The third-order valence-electron chi connectivity index (χ3n) is 3.81. The van der Waals surface area contributed by atoms with Crippen molar-refractivity contribution in [1.82, 2.24) is 10.4 Å². The average molecular weight is 314 g/mol. The lowest BCUT2D eigenvalue weighted by Crippen LogP contribution is -2.50. The number of hydrogen-bond acceptors (Lipinski definition) is 5. The maximum atomic E-state index is 12.6. The monoisotopic (exact) mass is 314 g/mol. The topological polar surface area (TPSA) is 67.9 Å². The minimum atomic E-state index is -0.363. The Balaban J connectivity index is 2.01. The molecule has 0 spiro atoms. The molecule has 0 aromatic heterocycles. The van der Waals surface area contributed by atoms with Crippen LogP contribution >= 0.6 is 0 Å². The molecule has 1 aliphatic rings. The first-order valence-electron chi connectivity index (χ1n) is 7.48. The normalized spacial score (nSPS) is 13.7. The van der Waals surface area contributed by atoms with Crippen LogP contribution < -0.4 is 10.2 Å². The molecule has 0 saturated carbocycles. The number of benzene rings is 2. The quantitative estimate of drug-likeness (QED) is 0.652. The van der Waals surface area contributed by atoms with Crippen LogP contribution in [0.3, 0.4) is 0 Å². The number of hydrazine groups is 1. The van der Waals surface area contributed by atoms with E-state index < -0.39 is 0 Å². The zero-order valence-corrected chi connectivity index (χ0v) is 13.1. The van der Waals surface area contributed by atoms with E-state index in [-0.39, 0.29) is 11.8 Å². The molecule has 3 rings (SSSR count). The molecule has 2 aromatic rings. The Morgan fingerprint density at radius 1 is 1.09 bits per heavy atom. The van der Waals surface area contributed by atoms with Crippen molar-refractivity contribution in [2.24, 2.45) is 0 Å². The van der Waals surface area contributed by atoms with Gasteiger partial charge in [0.05, 0.1) is 24.8 Å². The number of ether oxygens (including phenoxy) is 2. The first kappa shape index (κ1) is 15.5. The molecule has 0 unspecified atom stereocenters. The molecule has 0 saturated heterocycles. The first-order valence-corrected chi connectivity index (χ1v) is 7.48. The number of hydrogen-bond donors (Lipinski definition) is 1. The van der Waals surface area contributed by atoms with Gasteiger partial charge in [-0.05, 0) is 25.1 Å². The average Bonchev–Trinajstić information content (AvgIpc) is 2.58. The van der Waals surface area contributed by atoms with Crippen LogP contribution in [0.15, 0.2) is 30.3 Å². The van der Waals surface area contributed by atoms with Crippen LogP contribution in [0.5, 0.6) is 5.75 Å². The molecule has 2 aromatic carbocycles. The Morgan fingerprint density at radius 3 is 2.52 bits per heavy atom. The number of methoxy groups -OCH3 is 1. The van der Waals surface area contributed by atoms with Gasteiger partial charge in [-0.15, -0.1) is 0 Å². The number of carbonyl (C=O) groups excluding carboxylic acids is 2. The minimum Gasteiger partial charge on any atom is -0.496 e. The van der Waals surface area contributed by atoms with Crippen LogP contribution in [-0.4, -0.2) is 43.7 Å². The lowest BCUT2D eigenvalue weighted by atomic mass is 9.94. The van der Waals surface area contributed by atoms with Crippen LogP contribution in [0.2, 0.25) is 0 Å². The summed E-state index contributed by atoms with van der Waals surface area (Å²) in [4.78, 5) is 25.3. The van der Waals surface area contributed by atoms with Gasteiger partial charge in [-0.25, -0.2) is 10.4 Å². The maximum absolute atomic E-state index is 12.6. The predicted octanol–water partition coefficient (Wildman–Crippen LogP) is 1.99. The van der Waals surface area contributed by atoms with Crippen molar-refractivity contribution < 1.29 is 19.1 Å². The Morgan fingerprint density at radius 2 is 1.83 bits per heavy atom. The smallest absolute Gasteiger partial charge is 0.275 e. The van der Waals surface area contributed by atoms with Gasteiger partial charge >= 0.3 is 0 Å². The maximum Gasteiger partial charge on any atom is 0.275 e. The molecule has 6 nitrogen and oxygen atoms in total. The highest BCUT2D eigenvalue weighted by molar-refractivity contribution is 6.25. The van der Waals surface area contributed by atoms with E-state index in [1.807, 2.05) is 13.0 Å². The van der Waals surface area contributed by atoms with E-state index in [1.165, 1.54) is 0 Å². The van der Waals surface area contributed by atoms with E-state index in [9.17, 15) is 9.59 Å². The third kappa shape index (κ3) is 2.56. The van der Waals surface area contributed by atoms with Gasteiger partial charge < -0.3 is 9.47 Å². The highest BCUT2D eigenvalue weighted by Crippen LogP contribution is 2.34. The Bertz CT molecular complexity index is 750. The first-order chi connectivity index (χ1) is 11.2. The number of amides is 2. The fraction of sp³-hybridized carbons (Fsp3) is 0.294. The van der Waals surface area contributed by atoms with Crippen molar-refractivity contribution in [2.45, 2.75) is 6.92 Å². The summed E-state index contributed by atoms with van der Waals surface area (Å²) in [5.41, 5.74) is 3.82. The van der Waals surface area contributed by atoms with Crippen LogP contribution in [-0.2, 0) is 4.74 Å². The van der Waals surface area contributed by atoms with Crippen molar-refractivity contribution in [3.63, 3.8) is 0 Å². The molecule has 0 bridgehead atoms. The van der Waals surface area contributed by atoms with Crippen LogP contribution in [0.1, 0.15) is 27.6 Å². The van der Waals surface area contributed by atoms with E-state index in [4.69, 9.17) is 9.47 Å². The summed E-state index contributed by atoms with van der Waals surface area (Å²) in [5, 5.41) is 2.46. The Kier molecular flexibility index (Phi) is 4.27. The van der Waals surface area contributed by atoms with Crippen molar-refractivity contribution in [2.75, 3.05) is 26.9 Å². The molecule has 1 heterocycles. The molecular formula is C17H18N2O4. The summed E-state index contributed by atoms with van der Waals surface area (Å²) in [5.74, 6) is -0.0836. The van der Waals surface area contributed by atoms with Gasteiger partial charge in [-0.3, -0.25) is 9.59 Å². The van der Waals surface area contributed by atoms with E-state index >= 15 is 0 Å². The summed E-state index contributed by atoms with van der Waals surface area (Å²) < 4.78 is 10.6. The fourth-order valence-corrected chi connectivity index (χ4v) is 2.77.